The third kappa shape index (κ3) is 3.84. The van der Waals surface area contributed by atoms with Gasteiger partial charge in [0.15, 0.2) is 5.11 Å². The fraction of sp³-hybridized carbons (Fsp3) is 0.0625. The van der Waals surface area contributed by atoms with Crippen molar-refractivity contribution in [3.05, 3.63) is 63.2 Å². The van der Waals surface area contributed by atoms with E-state index in [0.717, 1.165) is 15.6 Å². The Hall–Kier alpha value is -1.73. The summed E-state index contributed by atoms with van der Waals surface area (Å²) in [4.78, 5) is 16.8. The van der Waals surface area contributed by atoms with E-state index in [4.69, 9.17) is 35.4 Å². The standard InChI is InChI=1S/C16H11Cl2N3OS2/c17-10-3-4-11-12(6-10)24-14(13(11)18)15(22)21-16(23)20-8-9-2-1-5-19-7-9/h1-7H,8H2,(H2,20,21,22,23). The number of fused-ring (bicyclic) bond motifs is 1. The summed E-state index contributed by atoms with van der Waals surface area (Å²) < 4.78 is 0.854. The van der Waals surface area contributed by atoms with Crippen LogP contribution in [0.5, 0.6) is 0 Å². The summed E-state index contributed by atoms with van der Waals surface area (Å²) >= 11 is 18.7. The van der Waals surface area contributed by atoms with E-state index in [9.17, 15) is 4.79 Å². The number of pyridine rings is 1. The first-order valence-corrected chi connectivity index (χ1v) is 8.88. The Kier molecular flexibility index (Phi) is 5.30. The number of nitrogens with zero attached hydrogens (tertiary/aromatic N) is 1. The van der Waals surface area contributed by atoms with Gasteiger partial charge in [-0.15, -0.1) is 11.3 Å². The van der Waals surface area contributed by atoms with Gasteiger partial charge in [-0.2, -0.15) is 0 Å². The number of benzene rings is 1. The Morgan fingerprint density at radius 1 is 1.29 bits per heavy atom. The first-order valence-electron chi connectivity index (χ1n) is 6.90. The second kappa shape index (κ2) is 7.44. The predicted molar refractivity (Wildman–Crippen MR) is 103 cm³/mol. The SMILES string of the molecule is O=C(NC(=S)NCc1cccnc1)c1sc2cc(Cl)ccc2c1Cl. The quantitative estimate of drug-likeness (QED) is 0.644. The van der Waals surface area contributed by atoms with Crippen LogP contribution in [0.1, 0.15) is 15.2 Å². The fourth-order valence-electron chi connectivity index (χ4n) is 2.07. The minimum Gasteiger partial charge on any atom is -0.358 e. The zero-order valence-corrected chi connectivity index (χ0v) is 15.3. The monoisotopic (exact) mass is 395 g/mol. The van der Waals surface area contributed by atoms with Crippen molar-refractivity contribution in [2.45, 2.75) is 6.54 Å². The van der Waals surface area contributed by atoms with Gasteiger partial charge in [0.05, 0.1) is 5.02 Å². The number of thiophene rings is 1. The number of nitrogens with one attached hydrogen (secondary N) is 2. The molecule has 122 valence electrons. The van der Waals surface area contributed by atoms with Gasteiger partial charge < -0.3 is 5.32 Å². The summed E-state index contributed by atoms with van der Waals surface area (Å²) in [5, 5.41) is 7.63. The average Bonchev–Trinajstić information content (AvgIpc) is 2.90. The molecule has 0 aliphatic heterocycles. The number of rotatable bonds is 3. The summed E-state index contributed by atoms with van der Waals surface area (Å²) in [5.41, 5.74) is 0.962. The number of amides is 1. The largest absolute Gasteiger partial charge is 0.358 e. The molecule has 4 nitrogen and oxygen atoms in total. The van der Waals surface area contributed by atoms with Crippen LogP contribution in [0, 0.1) is 0 Å². The summed E-state index contributed by atoms with van der Waals surface area (Å²) in [6, 6.07) is 9.07. The zero-order valence-electron chi connectivity index (χ0n) is 12.2. The molecule has 2 aromatic heterocycles. The molecule has 0 atom stereocenters. The molecule has 0 radical (unpaired) electrons. The van der Waals surface area contributed by atoms with Gasteiger partial charge in [0, 0.05) is 34.0 Å². The molecule has 2 N–H and O–H groups in total. The second-order valence-corrected chi connectivity index (χ2v) is 7.16. The Labute approximate surface area is 157 Å². The van der Waals surface area contributed by atoms with Gasteiger partial charge in [-0.3, -0.25) is 15.1 Å². The van der Waals surface area contributed by atoms with Crippen LogP contribution in [0.2, 0.25) is 10.0 Å². The molecule has 24 heavy (non-hydrogen) atoms. The van der Waals surface area contributed by atoms with E-state index in [-0.39, 0.29) is 11.0 Å². The van der Waals surface area contributed by atoms with Crippen LogP contribution in [0.4, 0.5) is 0 Å². The Morgan fingerprint density at radius 2 is 2.12 bits per heavy atom. The third-order valence-corrected chi connectivity index (χ3v) is 5.34. The summed E-state index contributed by atoms with van der Waals surface area (Å²) in [6.45, 7) is 0.475. The van der Waals surface area contributed by atoms with Crippen molar-refractivity contribution in [1.82, 2.24) is 15.6 Å². The maximum absolute atomic E-state index is 12.4. The van der Waals surface area contributed by atoms with Crippen LogP contribution in [-0.4, -0.2) is 16.0 Å². The maximum atomic E-state index is 12.4. The Bertz CT molecular complexity index is 912. The van der Waals surface area contributed by atoms with Crippen molar-refractivity contribution in [2.75, 3.05) is 0 Å². The van der Waals surface area contributed by atoms with Crippen LogP contribution in [-0.2, 0) is 6.54 Å². The van der Waals surface area contributed by atoms with E-state index in [1.807, 2.05) is 12.1 Å². The second-order valence-electron chi connectivity index (χ2n) is 4.88. The molecular weight excluding hydrogens is 385 g/mol. The molecule has 1 aromatic carbocycles. The number of halogens is 2. The Morgan fingerprint density at radius 3 is 2.88 bits per heavy atom. The van der Waals surface area contributed by atoms with Crippen LogP contribution in [0.15, 0.2) is 42.7 Å². The van der Waals surface area contributed by atoms with Crippen LogP contribution in [0.3, 0.4) is 0 Å². The predicted octanol–water partition coefficient (Wildman–Crippen LogP) is 4.41. The lowest BCUT2D eigenvalue weighted by Gasteiger charge is -2.08. The zero-order chi connectivity index (χ0) is 17.1. The number of carbonyl (C=O) groups excluding carboxylic acids is 1. The molecular formula is C16H11Cl2N3OS2. The molecule has 0 aliphatic carbocycles. The van der Waals surface area contributed by atoms with Crippen molar-refractivity contribution in [3.8, 4) is 0 Å². The topological polar surface area (TPSA) is 54.0 Å². The summed E-state index contributed by atoms with van der Waals surface area (Å²) in [6.07, 6.45) is 3.42. The minimum atomic E-state index is -0.346. The lowest BCUT2D eigenvalue weighted by atomic mass is 10.2. The summed E-state index contributed by atoms with van der Waals surface area (Å²) in [5.74, 6) is -0.346. The van der Waals surface area contributed by atoms with Gasteiger partial charge in [-0.05, 0) is 36.0 Å². The van der Waals surface area contributed by atoms with Crippen molar-refractivity contribution in [2.24, 2.45) is 0 Å². The molecule has 0 unspecified atom stereocenters. The number of hydrogen-bond acceptors (Lipinski definition) is 4. The first-order chi connectivity index (χ1) is 11.5. The Balaban J connectivity index is 1.68. The van der Waals surface area contributed by atoms with E-state index in [1.54, 1.807) is 30.6 Å². The molecule has 0 bridgehead atoms. The fourth-order valence-corrected chi connectivity index (χ4v) is 3.93. The van der Waals surface area contributed by atoms with Crippen molar-refractivity contribution in [3.63, 3.8) is 0 Å². The third-order valence-electron chi connectivity index (χ3n) is 3.20. The van der Waals surface area contributed by atoms with Gasteiger partial charge in [-0.25, -0.2) is 0 Å². The number of thiocarbonyl (C=S) groups is 1. The van der Waals surface area contributed by atoms with Crippen LogP contribution >= 0.6 is 46.8 Å². The highest BCUT2D eigenvalue weighted by Crippen LogP contribution is 2.36. The molecule has 1 amide bonds. The molecule has 8 heteroatoms. The van der Waals surface area contributed by atoms with E-state index in [2.05, 4.69) is 15.6 Å². The number of aromatic nitrogens is 1. The molecule has 0 aliphatic rings. The van der Waals surface area contributed by atoms with E-state index in [0.29, 0.717) is 21.5 Å². The van der Waals surface area contributed by atoms with Crippen molar-refractivity contribution in [1.29, 1.82) is 0 Å². The highest BCUT2D eigenvalue weighted by atomic mass is 35.5. The van der Waals surface area contributed by atoms with Gasteiger partial charge in [0.25, 0.3) is 5.91 Å². The molecule has 3 rings (SSSR count). The molecule has 0 saturated carbocycles. The molecule has 0 spiro atoms. The number of hydrogen-bond donors (Lipinski definition) is 2. The number of carbonyl (C=O) groups is 1. The maximum Gasteiger partial charge on any atom is 0.269 e. The van der Waals surface area contributed by atoms with Gasteiger partial charge in [0.2, 0.25) is 0 Å². The van der Waals surface area contributed by atoms with E-state index >= 15 is 0 Å². The molecule has 2 heterocycles. The van der Waals surface area contributed by atoms with Gasteiger partial charge in [-0.1, -0.05) is 35.3 Å². The van der Waals surface area contributed by atoms with Crippen LogP contribution < -0.4 is 10.6 Å². The molecule has 3 aromatic rings. The van der Waals surface area contributed by atoms with Crippen LogP contribution in [0.25, 0.3) is 10.1 Å². The van der Waals surface area contributed by atoms with Crippen molar-refractivity contribution < 1.29 is 4.79 Å². The highest BCUT2D eigenvalue weighted by Gasteiger charge is 2.18. The lowest BCUT2D eigenvalue weighted by molar-refractivity contribution is 0.0981. The van der Waals surface area contributed by atoms with Crippen molar-refractivity contribution >= 4 is 67.9 Å². The van der Waals surface area contributed by atoms with Gasteiger partial charge in [0.1, 0.15) is 4.88 Å². The van der Waals surface area contributed by atoms with E-state index in [1.165, 1.54) is 11.3 Å². The molecule has 0 saturated heterocycles. The first kappa shape index (κ1) is 17.1. The average molecular weight is 396 g/mol. The van der Waals surface area contributed by atoms with Gasteiger partial charge >= 0.3 is 0 Å². The lowest BCUT2D eigenvalue weighted by Crippen LogP contribution is -2.38. The smallest absolute Gasteiger partial charge is 0.269 e. The minimum absolute atomic E-state index is 0.232. The van der Waals surface area contributed by atoms with E-state index < -0.39 is 0 Å². The molecule has 0 fully saturated rings. The summed E-state index contributed by atoms with van der Waals surface area (Å²) in [7, 11) is 0. The normalized spacial score (nSPS) is 10.6. The highest BCUT2D eigenvalue weighted by molar-refractivity contribution is 7.80.